The second kappa shape index (κ2) is 7.39. The summed E-state index contributed by atoms with van der Waals surface area (Å²) in [7, 11) is -3.96. The van der Waals surface area contributed by atoms with Crippen molar-refractivity contribution in [1.29, 1.82) is 0 Å². The molecule has 1 aromatic rings. The quantitative estimate of drug-likeness (QED) is 0.677. The molecular formula is C20H27FN2O4S. The number of benzene rings is 1. The Labute approximate surface area is 165 Å². The molecular weight excluding hydrogens is 383 g/mol. The first kappa shape index (κ1) is 19.8. The Hall–Kier alpha value is -1.51. The van der Waals surface area contributed by atoms with Gasteiger partial charge in [0.2, 0.25) is 5.91 Å². The van der Waals surface area contributed by atoms with Crippen LogP contribution >= 0.6 is 0 Å². The zero-order valence-electron chi connectivity index (χ0n) is 16.0. The molecule has 4 aliphatic rings. The summed E-state index contributed by atoms with van der Waals surface area (Å²) in [6, 6.07) is 4.42. The molecule has 0 saturated heterocycles. The summed E-state index contributed by atoms with van der Waals surface area (Å²) in [6.07, 6.45) is 7.56. The van der Waals surface area contributed by atoms with E-state index in [-0.39, 0.29) is 22.3 Å². The van der Waals surface area contributed by atoms with Crippen molar-refractivity contribution in [2.24, 2.45) is 23.2 Å². The van der Waals surface area contributed by atoms with E-state index < -0.39 is 22.4 Å². The van der Waals surface area contributed by atoms with E-state index in [0.29, 0.717) is 0 Å². The van der Waals surface area contributed by atoms with Crippen molar-refractivity contribution in [2.75, 3.05) is 6.61 Å². The lowest BCUT2D eigenvalue weighted by Crippen LogP contribution is -2.56. The fourth-order valence-corrected chi connectivity index (χ4v) is 6.78. The highest BCUT2D eigenvalue weighted by Gasteiger charge is 2.53. The van der Waals surface area contributed by atoms with E-state index in [2.05, 4.69) is 12.2 Å². The van der Waals surface area contributed by atoms with Gasteiger partial charge in [0, 0.05) is 6.04 Å². The van der Waals surface area contributed by atoms with Gasteiger partial charge in [-0.25, -0.2) is 12.8 Å². The highest BCUT2D eigenvalue weighted by atomic mass is 32.2. The lowest BCUT2D eigenvalue weighted by molar-refractivity contribution is -0.131. The molecule has 6 nitrogen and oxygen atoms in total. The van der Waals surface area contributed by atoms with E-state index in [0.717, 1.165) is 42.0 Å². The van der Waals surface area contributed by atoms with Crippen LogP contribution in [0.4, 0.5) is 4.39 Å². The molecule has 0 radical (unpaired) electrons. The summed E-state index contributed by atoms with van der Waals surface area (Å²) < 4.78 is 37.1. The largest absolute Gasteiger partial charge is 0.351 e. The second-order valence-corrected chi connectivity index (χ2v) is 10.5. The first-order chi connectivity index (χ1) is 13.3. The van der Waals surface area contributed by atoms with Crippen molar-refractivity contribution in [2.45, 2.75) is 56.4 Å². The first-order valence-corrected chi connectivity index (χ1v) is 11.4. The van der Waals surface area contributed by atoms with E-state index in [1.165, 1.54) is 38.5 Å². The van der Waals surface area contributed by atoms with Gasteiger partial charge in [0.25, 0.3) is 10.0 Å². The maximum atomic E-state index is 12.9. The third-order valence-corrected chi connectivity index (χ3v) is 8.11. The molecule has 1 atom stereocenters. The number of rotatable bonds is 7. The average molecular weight is 411 g/mol. The minimum absolute atomic E-state index is 0.0469. The van der Waals surface area contributed by atoms with E-state index in [1.807, 2.05) is 4.89 Å². The SMILES string of the molecule is C[C@@H](NC(=O)CONS(=O)(=O)c1ccc(F)cc1)C12CC3CC(CC(C3)C1)C2. The van der Waals surface area contributed by atoms with Crippen LogP contribution in [-0.2, 0) is 19.7 Å². The monoisotopic (exact) mass is 410 g/mol. The molecule has 154 valence electrons. The van der Waals surface area contributed by atoms with Crippen LogP contribution in [-0.4, -0.2) is 27.0 Å². The minimum atomic E-state index is -3.96. The van der Waals surface area contributed by atoms with Gasteiger partial charge in [-0.1, -0.05) is 4.89 Å². The van der Waals surface area contributed by atoms with Crippen molar-refractivity contribution < 1.29 is 22.4 Å². The normalized spacial score (nSPS) is 32.3. The topological polar surface area (TPSA) is 84.5 Å². The van der Waals surface area contributed by atoms with Crippen LogP contribution in [0.3, 0.4) is 0 Å². The number of carbonyl (C=O) groups is 1. The van der Waals surface area contributed by atoms with Crippen molar-refractivity contribution in [3.05, 3.63) is 30.1 Å². The summed E-state index contributed by atoms with van der Waals surface area (Å²) in [5.41, 5.74) is 0.179. The molecule has 1 aromatic carbocycles. The van der Waals surface area contributed by atoms with E-state index in [4.69, 9.17) is 4.84 Å². The average Bonchev–Trinajstić information content (AvgIpc) is 2.60. The molecule has 0 heterocycles. The lowest BCUT2D eigenvalue weighted by atomic mass is 9.48. The standard InChI is InChI=1S/C20H27FN2O4S/c1-13(20-9-14-6-15(10-20)8-16(7-14)11-20)22-19(24)12-27-23-28(25,26)18-4-2-17(21)3-5-18/h2-5,13-16,23H,6-12H2,1H3,(H,22,24)/t13-,14?,15?,16?,20?/m1/s1. The van der Waals surface area contributed by atoms with Crippen LogP contribution in [0, 0.1) is 29.0 Å². The summed E-state index contributed by atoms with van der Waals surface area (Å²) >= 11 is 0. The highest BCUT2D eigenvalue weighted by molar-refractivity contribution is 7.89. The molecule has 5 rings (SSSR count). The van der Waals surface area contributed by atoms with E-state index in [9.17, 15) is 17.6 Å². The Morgan fingerprint density at radius 3 is 2.21 bits per heavy atom. The van der Waals surface area contributed by atoms with Gasteiger partial charge in [-0.3, -0.25) is 9.63 Å². The molecule has 4 aliphatic carbocycles. The predicted octanol–water partition coefficient (Wildman–Crippen LogP) is 2.76. The number of amides is 1. The van der Waals surface area contributed by atoms with Crippen LogP contribution in [0.1, 0.15) is 45.4 Å². The number of nitrogens with one attached hydrogen (secondary N) is 2. The number of hydrogen-bond acceptors (Lipinski definition) is 4. The maximum Gasteiger partial charge on any atom is 0.262 e. The van der Waals surface area contributed by atoms with Crippen LogP contribution in [0.15, 0.2) is 29.2 Å². The summed E-state index contributed by atoms with van der Waals surface area (Å²) in [5.74, 6) is 1.51. The summed E-state index contributed by atoms with van der Waals surface area (Å²) in [5, 5.41) is 3.02. The van der Waals surface area contributed by atoms with Gasteiger partial charge in [0.05, 0.1) is 4.90 Å². The molecule has 4 bridgehead atoms. The second-order valence-electron chi connectivity index (χ2n) is 8.90. The third kappa shape index (κ3) is 3.95. The molecule has 1 amide bonds. The van der Waals surface area contributed by atoms with Gasteiger partial charge < -0.3 is 5.32 Å². The smallest absolute Gasteiger partial charge is 0.262 e. The van der Waals surface area contributed by atoms with Crippen molar-refractivity contribution in [3.63, 3.8) is 0 Å². The molecule has 28 heavy (non-hydrogen) atoms. The number of sulfonamides is 1. The molecule has 0 spiro atoms. The first-order valence-electron chi connectivity index (χ1n) is 9.94. The van der Waals surface area contributed by atoms with Gasteiger partial charge in [0.15, 0.2) is 0 Å². The molecule has 0 aromatic heterocycles. The number of halogens is 1. The predicted molar refractivity (Wildman–Crippen MR) is 101 cm³/mol. The molecule has 0 unspecified atom stereocenters. The van der Waals surface area contributed by atoms with Crippen LogP contribution in [0.5, 0.6) is 0 Å². The summed E-state index contributed by atoms with van der Waals surface area (Å²) in [4.78, 5) is 19.0. The fourth-order valence-electron chi connectivity index (χ4n) is 5.98. The minimum Gasteiger partial charge on any atom is -0.351 e. The Morgan fingerprint density at radius 1 is 1.14 bits per heavy atom. The van der Waals surface area contributed by atoms with E-state index >= 15 is 0 Å². The zero-order chi connectivity index (χ0) is 19.9. The highest BCUT2D eigenvalue weighted by Crippen LogP contribution is 2.61. The fraction of sp³-hybridized carbons (Fsp3) is 0.650. The molecule has 4 saturated carbocycles. The van der Waals surface area contributed by atoms with Gasteiger partial charge >= 0.3 is 0 Å². The number of hydrogen-bond donors (Lipinski definition) is 2. The van der Waals surface area contributed by atoms with Crippen molar-refractivity contribution in [1.82, 2.24) is 10.2 Å². The molecule has 4 fully saturated rings. The van der Waals surface area contributed by atoms with E-state index in [1.54, 1.807) is 0 Å². The Bertz CT molecular complexity index is 805. The maximum absolute atomic E-state index is 12.9. The van der Waals surface area contributed by atoms with Crippen molar-refractivity contribution in [3.8, 4) is 0 Å². The molecule has 0 aliphatic heterocycles. The lowest BCUT2D eigenvalue weighted by Gasteiger charge is -2.59. The molecule has 2 N–H and O–H groups in total. The Morgan fingerprint density at radius 2 is 1.68 bits per heavy atom. The molecule has 8 heteroatoms. The van der Waals surface area contributed by atoms with Crippen LogP contribution in [0.25, 0.3) is 0 Å². The van der Waals surface area contributed by atoms with Gasteiger partial charge in [-0.05, 0) is 92.9 Å². The van der Waals surface area contributed by atoms with Gasteiger partial charge in [0.1, 0.15) is 12.4 Å². The zero-order valence-corrected chi connectivity index (χ0v) is 16.8. The van der Waals surface area contributed by atoms with Gasteiger partial charge in [-0.15, -0.1) is 0 Å². The summed E-state index contributed by atoms with van der Waals surface area (Å²) in [6.45, 7) is 1.66. The Balaban J connectivity index is 1.28. The van der Waals surface area contributed by atoms with Crippen LogP contribution < -0.4 is 10.2 Å². The number of carbonyl (C=O) groups excluding carboxylic acids is 1. The van der Waals surface area contributed by atoms with Gasteiger partial charge in [-0.2, -0.15) is 0 Å². The third-order valence-electron chi connectivity index (χ3n) is 6.88. The Kier molecular flexibility index (Phi) is 5.22. The van der Waals surface area contributed by atoms with Crippen molar-refractivity contribution >= 4 is 15.9 Å². The van der Waals surface area contributed by atoms with Crippen LogP contribution in [0.2, 0.25) is 0 Å².